The van der Waals surface area contributed by atoms with Gasteiger partial charge in [-0.1, -0.05) is 11.2 Å². The number of aryl methyl sites for hydroxylation is 2. The molecule has 2 amide bonds. The molecule has 0 spiro atoms. The first-order valence-electron chi connectivity index (χ1n) is 7.04. The maximum Gasteiger partial charge on any atom is 0.245 e. The van der Waals surface area contributed by atoms with Crippen molar-refractivity contribution in [3.8, 4) is 0 Å². The molecule has 0 aliphatic heterocycles. The number of hydrogen-bond donors (Lipinski definition) is 1. The summed E-state index contributed by atoms with van der Waals surface area (Å²) < 4.78 is 4.86. The van der Waals surface area contributed by atoms with Gasteiger partial charge in [-0.05, 0) is 31.2 Å². The van der Waals surface area contributed by atoms with Crippen LogP contribution in [0, 0.1) is 6.92 Å². The van der Waals surface area contributed by atoms with E-state index in [-0.39, 0.29) is 18.4 Å². The number of thiophene rings is 1. The number of likely N-dealkylation sites (N-methyl/N-ethyl adjacent to an activating group) is 1. The summed E-state index contributed by atoms with van der Waals surface area (Å²) in [6, 6.07) is 5.69. The highest BCUT2D eigenvalue weighted by molar-refractivity contribution is 7.09. The first-order chi connectivity index (χ1) is 10.5. The Hall–Kier alpha value is -2.15. The molecule has 2 rings (SSSR count). The van der Waals surface area contributed by atoms with Crippen molar-refractivity contribution in [2.45, 2.75) is 26.2 Å². The molecule has 0 fully saturated rings. The standard InChI is InChI=1S/C15H19N3O3S/c1-11-9-13(17-21-11)16-14(19)10-18(2)15(20)7-3-5-12-6-4-8-22-12/h4,6,8-9H,3,5,7,10H2,1-2H3,(H,16,17,19). The van der Waals surface area contributed by atoms with Gasteiger partial charge in [0.25, 0.3) is 0 Å². The zero-order chi connectivity index (χ0) is 15.9. The molecular weight excluding hydrogens is 302 g/mol. The fourth-order valence-electron chi connectivity index (χ4n) is 1.97. The third-order valence-electron chi connectivity index (χ3n) is 3.10. The van der Waals surface area contributed by atoms with E-state index < -0.39 is 0 Å². The van der Waals surface area contributed by atoms with Gasteiger partial charge in [0.15, 0.2) is 5.82 Å². The second-order valence-corrected chi connectivity index (χ2v) is 6.09. The van der Waals surface area contributed by atoms with Crippen molar-refractivity contribution in [2.75, 3.05) is 18.9 Å². The summed E-state index contributed by atoms with van der Waals surface area (Å²) in [4.78, 5) is 26.5. The van der Waals surface area contributed by atoms with Gasteiger partial charge in [0.1, 0.15) is 5.76 Å². The van der Waals surface area contributed by atoms with Crippen LogP contribution in [0.5, 0.6) is 0 Å². The number of nitrogens with one attached hydrogen (secondary N) is 1. The molecule has 0 saturated heterocycles. The number of hydrogen-bond acceptors (Lipinski definition) is 5. The largest absolute Gasteiger partial charge is 0.360 e. The van der Waals surface area contributed by atoms with Crippen LogP contribution in [-0.4, -0.2) is 35.5 Å². The van der Waals surface area contributed by atoms with Gasteiger partial charge in [-0.15, -0.1) is 11.3 Å². The number of anilines is 1. The third-order valence-corrected chi connectivity index (χ3v) is 4.03. The lowest BCUT2D eigenvalue weighted by molar-refractivity contribution is -0.133. The molecule has 118 valence electrons. The summed E-state index contributed by atoms with van der Waals surface area (Å²) in [5.41, 5.74) is 0. The van der Waals surface area contributed by atoms with Crippen molar-refractivity contribution in [1.82, 2.24) is 10.1 Å². The average Bonchev–Trinajstić information content (AvgIpc) is 3.10. The highest BCUT2D eigenvalue weighted by atomic mass is 32.1. The van der Waals surface area contributed by atoms with Gasteiger partial charge < -0.3 is 14.7 Å². The molecule has 0 saturated carbocycles. The van der Waals surface area contributed by atoms with Crippen LogP contribution in [0.1, 0.15) is 23.5 Å². The molecule has 0 aromatic carbocycles. The maximum atomic E-state index is 12.0. The molecule has 0 aliphatic rings. The van der Waals surface area contributed by atoms with Gasteiger partial charge in [0.2, 0.25) is 11.8 Å². The van der Waals surface area contributed by atoms with E-state index in [1.807, 2.05) is 11.4 Å². The van der Waals surface area contributed by atoms with Gasteiger partial charge in [-0.25, -0.2) is 0 Å². The first kappa shape index (κ1) is 16.2. The van der Waals surface area contributed by atoms with Crippen LogP contribution in [0.15, 0.2) is 28.1 Å². The van der Waals surface area contributed by atoms with Crippen molar-refractivity contribution < 1.29 is 14.1 Å². The predicted octanol–water partition coefficient (Wildman–Crippen LogP) is 2.46. The minimum atomic E-state index is -0.289. The number of rotatable bonds is 7. The van der Waals surface area contributed by atoms with E-state index in [0.29, 0.717) is 18.0 Å². The van der Waals surface area contributed by atoms with Gasteiger partial charge >= 0.3 is 0 Å². The van der Waals surface area contributed by atoms with Crippen molar-refractivity contribution in [3.63, 3.8) is 0 Å². The number of aromatic nitrogens is 1. The van der Waals surface area contributed by atoms with Gasteiger partial charge in [0.05, 0.1) is 6.54 Å². The van der Waals surface area contributed by atoms with Crippen LogP contribution >= 0.6 is 11.3 Å². The van der Waals surface area contributed by atoms with Crippen molar-refractivity contribution >= 4 is 29.0 Å². The van der Waals surface area contributed by atoms with E-state index in [4.69, 9.17) is 4.52 Å². The molecule has 1 N–H and O–H groups in total. The fraction of sp³-hybridized carbons (Fsp3) is 0.400. The molecule has 0 atom stereocenters. The molecule has 0 aliphatic carbocycles. The number of carbonyl (C=O) groups is 2. The Balaban J connectivity index is 1.69. The zero-order valence-corrected chi connectivity index (χ0v) is 13.5. The summed E-state index contributed by atoms with van der Waals surface area (Å²) in [6.45, 7) is 1.75. The van der Waals surface area contributed by atoms with Crippen LogP contribution in [0.4, 0.5) is 5.82 Å². The van der Waals surface area contributed by atoms with Gasteiger partial charge in [-0.2, -0.15) is 0 Å². The summed E-state index contributed by atoms with van der Waals surface area (Å²) in [5, 5.41) is 8.29. The summed E-state index contributed by atoms with van der Waals surface area (Å²) >= 11 is 1.69. The Kier molecular flexibility index (Phi) is 5.71. The smallest absolute Gasteiger partial charge is 0.245 e. The molecule has 22 heavy (non-hydrogen) atoms. The number of carbonyl (C=O) groups excluding carboxylic acids is 2. The van der Waals surface area contributed by atoms with Crippen LogP contribution in [0.25, 0.3) is 0 Å². The number of nitrogens with zero attached hydrogens (tertiary/aromatic N) is 2. The average molecular weight is 321 g/mol. The normalized spacial score (nSPS) is 10.5. The van der Waals surface area contributed by atoms with E-state index in [1.54, 1.807) is 31.4 Å². The van der Waals surface area contributed by atoms with E-state index >= 15 is 0 Å². The van der Waals surface area contributed by atoms with Crippen molar-refractivity contribution in [2.24, 2.45) is 0 Å². The van der Waals surface area contributed by atoms with Crippen molar-refractivity contribution in [1.29, 1.82) is 0 Å². The van der Waals surface area contributed by atoms with Gasteiger partial charge in [0, 0.05) is 24.4 Å². The minimum Gasteiger partial charge on any atom is -0.360 e. The second kappa shape index (κ2) is 7.74. The lowest BCUT2D eigenvalue weighted by Gasteiger charge is -2.16. The molecule has 0 bridgehead atoms. The Morgan fingerprint density at radius 3 is 2.91 bits per heavy atom. The monoisotopic (exact) mass is 321 g/mol. The van der Waals surface area contributed by atoms with Crippen molar-refractivity contribution in [3.05, 3.63) is 34.2 Å². The van der Waals surface area contributed by atoms with Crippen LogP contribution in [0.3, 0.4) is 0 Å². The van der Waals surface area contributed by atoms with Gasteiger partial charge in [-0.3, -0.25) is 9.59 Å². The summed E-state index contributed by atoms with van der Waals surface area (Å²) in [7, 11) is 1.63. The Morgan fingerprint density at radius 1 is 1.45 bits per heavy atom. The zero-order valence-electron chi connectivity index (χ0n) is 12.7. The number of amides is 2. The van der Waals surface area contributed by atoms with E-state index in [0.717, 1.165) is 12.8 Å². The van der Waals surface area contributed by atoms with E-state index in [1.165, 1.54) is 9.78 Å². The molecule has 7 heteroatoms. The molecule has 2 heterocycles. The molecule has 6 nitrogen and oxygen atoms in total. The SMILES string of the molecule is Cc1cc(NC(=O)CN(C)C(=O)CCCc2cccs2)no1. The lowest BCUT2D eigenvalue weighted by atomic mass is 10.2. The quantitative estimate of drug-likeness (QED) is 0.850. The Labute approximate surface area is 133 Å². The Bertz CT molecular complexity index is 622. The summed E-state index contributed by atoms with van der Waals surface area (Å²) in [6.07, 6.45) is 2.11. The molecule has 2 aromatic rings. The fourth-order valence-corrected chi connectivity index (χ4v) is 2.72. The van der Waals surface area contributed by atoms with Crippen LogP contribution in [-0.2, 0) is 16.0 Å². The first-order valence-corrected chi connectivity index (χ1v) is 7.92. The predicted molar refractivity (Wildman–Crippen MR) is 84.8 cm³/mol. The molecular formula is C15H19N3O3S. The molecule has 0 unspecified atom stereocenters. The topological polar surface area (TPSA) is 75.4 Å². The molecule has 0 radical (unpaired) electrons. The molecule has 2 aromatic heterocycles. The minimum absolute atomic E-state index is 0.00371. The van der Waals surface area contributed by atoms with Crippen LogP contribution in [0.2, 0.25) is 0 Å². The second-order valence-electron chi connectivity index (χ2n) is 5.05. The lowest BCUT2D eigenvalue weighted by Crippen LogP contribution is -2.34. The van der Waals surface area contributed by atoms with Crippen LogP contribution < -0.4 is 5.32 Å². The summed E-state index contributed by atoms with van der Waals surface area (Å²) in [5.74, 6) is 0.653. The van der Waals surface area contributed by atoms with E-state index in [9.17, 15) is 9.59 Å². The van der Waals surface area contributed by atoms with E-state index in [2.05, 4.69) is 16.5 Å². The highest BCUT2D eigenvalue weighted by Crippen LogP contribution is 2.12. The third kappa shape index (κ3) is 5.00. The Morgan fingerprint density at radius 2 is 2.27 bits per heavy atom. The highest BCUT2D eigenvalue weighted by Gasteiger charge is 2.14. The maximum absolute atomic E-state index is 12.0.